The van der Waals surface area contributed by atoms with Crippen LogP contribution in [0.5, 0.6) is 0 Å². The van der Waals surface area contributed by atoms with Gasteiger partial charge in [-0.05, 0) is 70.0 Å². The van der Waals surface area contributed by atoms with E-state index in [1.165, 1.54) is 31.5 Å². The normalized spacial score (nSPS) is 16.1. The fourth-order valence-electron chi connectivity index (χ4n) is 2.68. The lowest BCUT2D eigenvalue weighted by atomic mass is 9.85. The topological polar surface area (TPSA) is 39.1 Å². The van der Waals surface area contributed by atoms with E-state index >= 15 is 0 Å². The lowest BCUT2D eigenvalue weighted by molar-refractivity contribution is 0.352. The summed E-state index contributed by atoms with van der Waals surface area (Å²) in [6.07, 6.45) is 2.68. The quantitative estimate of drug-likeness (QED) is 0.893. The van der Waals surface area contributed by atoms with Gasteiger partial charge in [-0.25, -0.2) is 0 Å². The number of nitrogens with one attached hydrogen (secondary N) is 1. The van der Waals surface area contributed by atoms with Crippen LogP contribution in [0.3, 0.4) is 0 Å². The Hall–Kier alpha value is -1.53. The van der Waals surface area contributed by atoms with Gasteiger partial charge in [-0.3, -0.25) is 0 Å². The zero-order valence-corrected chi connectivity index (χ0v) is 12.9. The fourth-order valence-corrected chi connectivity index (χ4v) is 2.68. The minimum atomic E-state index is -0.433. The van der Waals surface area contributed by atoms with Gasteiger partial charge in [0.15, 0.2) is 0 Å². The van der Waals surface area contributed by atoms with Crippen molar-refractivity contribution in [2.45, 2.75) is 39.0 Å². The molecule has 0 radical (unpaired) electrons. The van der Waals surface area contributed by atoms with Crippen LogP contribution in [0.25, 0.3) is 0 Å². The average molecular weight is 271 g/mol. The van der Waals surface area contributed by atoms with Gasteiger partial charge >= 0.3 is 0 Å². The van der Waals surface area contributed by atoms with E-state index in [1.54, 1.807) is 0 Å². The Bertz CT molecular complexity index is 493. The summed E-state index contributed by atoms with van der Waals surface area (Å²) in [7, 11) is 0. The number of benzene rings is 1. The fraction of sp³-hybridized carbons (Fsp3) is 0.588. The maximum atomic E-state index is 9.27. The molecule has 0 bridgehead atoms. The molecule has 0 amide bonds. The molecule has 0 saturated carbocycles. The first kappa shape index (κ1) is 14.9. The molecule has 3 heteroatoms. The molecule has 1 N–H and O–H groups in total. The van der Waals surface area contributed by atoms with Gasteiger partial charge in [0.1, 0.15) is 0 Å². The van der Waals surface area contributed by atoms with Crippen LogP contribution in [0.4, 0.5) is 5.69 Å². The van der Waals surface area contributed by atoms with Crippen LogP contribution in [0.2, 0.25) is 0 Å². The number of aryl methyl sites for hydroxylation is 1. The molecule has 1 aliphatic heterocycles. The summed E-state index contributed by atoms with van der Waals surface area (Å²) < 4.78 is 0. The summed E-state index contributed by atoms with van der Waals surface area (Å²) in [4.78, 5) is 2.50. The lowest BCUT2D eigenvalue weighted by Crippen LogP contribution is -2.26. The summed E-state index contributed by atoms with van der Waals surface area (Å²) in [5.41, 5.74) is 2.98. The van der Waals surface area contributed by atoms with Crippen LogP contribution in [0, 0.1) is 18.3 Å². The van der Waals surface area contributed by atoms with Crippen LogP contribution in [0.1, 0.15) is 37.8 Å². The Morgan fingerprint density at radius 2 is 1.95 bits per heavy atom. The predicted molar refractivity (Wildman–Crippen MR) is 84.0 cm³/mol. The maximum absolute atomic E-state index is 9.27. The molecule has 1 heterocycles. The Balaban J connectivity index is 1.99. The highest BCUT2D eigenvalue weighted by Crippen LogP contribution is 2.26. The van der Waals surface area contributed by atoms with E-state index in [0.29, 0.717) is 0 Å². The highest BCUT2D eigenvalue weighted by molar-refractivity contribution is 5.51. The second kappa shape index (κ2) is 6.28. The van der Waals surface area contributed by atoms with Crippen molar-refractivity contribution in [3.63, 3.8) is 0 Å². The number of nitrogens with zero attached hydrogens (tertiary/aromatic N) is 2. The molecular weight excluding hydrogens is 246 g/mol. The van der Waals surface area contributed by atoms with Crippen LogP contribution >= 0.6 is 0 Å². The van der Waals surface area contributed by atoms with Crippen molar-refractivity contribution in [3.05, 3.63) is 29.3 Å². The number of likely N-dealkylation sites (tertiary alicyclic amines) is 1. The molecule has 2 rings (SSSR count). The Kier molecular flexibility index (Phi) is 4.67. The molecule has 0 atom stereocenters. The standard InChI is InChI=1S/C17H25N3/c1-14-10-15(17(2,3)13-18)12-16(11-14)19-6-9-20-7-4-5-8-20/h10-12,19H,4-9H2,1-3H3. The van der Waals surface area contributed by atoms with E-state index in [9.17, 15) is 5.26 Å². The maximum Gasteiger partial charge on any atom is 0.0767 e. The Morgan fingerprint density at radius 1 is 1.25 bits per heavy atom. The summed E-state index contributed by atoms with van der Waals surface area (Å²) in [6, 6.07) is 8.75. The van der Waals surface area contributed by atoms with Crippen molar-refractivity contribution in [3.8, 4) is 6.07 Å². The van der Waals surface area contributed by atoms with Crippen LogP contribution in [-0.2, 0) is 5.41 Å². The molecule has 3 nitrogen and oxygen atoms in total. The monoisotopic (exact) mass is 271 g/mol. The van der Waals surface area contributed by atoms with Crippen molar-refractivity contribution in [2.75, 3.05) is 31.5 Å². The van der Waals surface area contributed by atoms with E-state index in [4.69, 9.17) is 0 Å². The SMILES string of the molecule is Cc1cc(NCCN2CCCC2)cc(C(C)(C)C#N)c1. The first-order chi connectivity index (χ1) is 9.51. The zero-order chi connectivity index (χ0) is 14.6. The Morgan fingerprint density at radius 3 is 2.60 bits per heavy atom. The van der Waals surface area contributed by atoms with Gasteiger partial charge in [-0.2, -0.15) is 5.26 Å². The van der Waals surface area contributed by atoms with Gasteiger partial charge in [0.05, 0.1) is 11.5 Å². The number of rotatable bonds is 5. The zero-order valence-electron chi connectivity index (χ0n) is 12.9. The largest absolute Gasteiger partial charge is 0.384 e. The van der Waals surface area contributed by atoms with Crippen molar-refractivity contribution in [1.29, 1.82) is 5.26 Å². The van der Waals surface area contributed by atoms with E-state index in [1.807, 2.05) is 13.8 Å². The van der Waals surface area contributed by atoms with E-state index in [2.05, 4.69) is 41.4 Å². The molecule has 1 fully saturated rings. The first-order valence-electron chi connectivity index (χ1n) is 7.51. The van der Waals surface area contributed by atoms with E-state index in [0.717, 1.165) is 24.3 Å². The summed E-state index contributed by atoms with van der Waals surface area (Å²) in [5.74, 6) is 0. The molecule has 1 aliphatic rings. The second-order valence-corrected chi connectivity index (χ2v) is 6.30. The van der Waals surface area contributed by atoms with E-state index < -0.39 is 5.41 Å². The lowest BCUT2D eigenvalue weighted by Gasteiger charge is -2.19. The molecule has 0 aromatic heterocycles. The third-order valence-electron chi connectivity index (χ3n) is 4.03. The number of hydrogen-bond acceptors (Lipinski definition) is 3. The molecule has 0 aliphatic carbocycles. The van der Waals surface area contributed by atoms with Gasteiger partial charge in [0.25, 0.3) is 0 Å². The molecule has 1 saturated heterocycles. The minimum Gasteiger partial charge on any atom is -0.384 e. The second-order valence-electron chi connectivity index (χ2n) is 6.30. The molecule has 1 aromatic carbocycles. The molecule has 0 unspecified atom stereocenters. The van der Waals surface area contributed by atoms with Crippen LogP contribution in [0.15, 0.2) is 18.2 Å². The summed E-state index contributed by atoms with van der Waals surface area (Å²) >= 11 is 0. The summed E-state index contributed by atoms with van der Waals surface area (Å²) in [6.45, 7) is 10.6. The molecule has 108 valence electrons. The van der Waals surface area contributed by atoms with Gasteiger partial charge in [-0.15, -0.1) is 0 Å². The Labute approximate surface area is 122 Å². The molecule has 0 spiro atoms. The van der Waals surface area contributed by atoms with Crippen molar-refractivity contribution < 1.29 is 0 Å². The number of nitriles is 1. The average Bonchev–Trinajstić information content (AvgIpc) is 2.91. The third-order valence-corrected chi connectivity index (χ3v) is 4.03. The summed E-state index contributed by atoms with van der Waals surface area (Å²) in [5, 5.41) is 12.8. The molecular formula is C17H25N3. The highest BCUT2D eigenvalue weighted by Gasteiger charge is 2.20. The third kappa shape index (κ3) is 3.74. The number of anilines is 1. The van der Waals surface area contributed by atoms with Gasteiger partial charge < -0.3 is 10.2 Å². The van der Waals surface area contributed by atoms with Crippen molar-refractivity contribution in [2.24, 2.45) is 0 Å². The van der Waals surface area contributed by atoms with Crippen LogP contribution < -0.4 is 5.32 Å². The van der Waals surface area contributed by atoms with Crippen molar-refractivity contribution >= 4 is 5.69 Å². The van der Waals surface area contributed by atoms with Crippen molar-refractivity contribution in [1.82, 2.24) is 4.90 Å². The molecule has 20 heavy (non-hydrogen) atoms. The van der Waals surface area contributed by atoms with Crippen LogP contribution in [-0.4, -0.2) is 31.1 Å². The van der Waals surface area contributed by atoms with Gasteiger partial charge in [-0.1, -0.05) is 6.07 Å². The number of hydrogen-bond donors (Lipinski definition) is 1. The van der Waals surface area contributed by atoms with E-state index in [-0.39, 0.29) is 0 Å². The van der Waals surface area contributed by atoms with Gasteiger partial charge in [0.2, 0.25) is 0 Å². The first-order valence-corrected chi connectivity index (χ1v) is 7.51. The smallest absolute Gasteiger partial charge is 0.0767 e. The predicted octanol–water partition coefficient (Wildman–Crippen LogP) is 3.30. The van der Waals surface area contributed by atoms with Gasteiger partial charge in [0, 0.05) is 18.8 Å². The minimum absolute atomic E-state index is 0.433. The highest BCUT2D eigenvalue weighted by atomic mass is 15.1. The molecule has 1 aromatic rings.